The zero-order chi connectivity index (χ0) is 13.2. The lowest BCUT2D eigenvalue weighted by molar-refractivity contribution is 0.199. The van der Waals surface area contributed by atoms with Crippen molar-refractivity contribution in [3.05, 3.63) is 29.8 Å². The first-order valence-electron chi connectivity index (χ1n) is 6.25. The van der Waals surface area contributed by atoms with Crippen molar-refractivity contribution in [2.45, 2.75) is 46.8 Å². The van der Waals surface area contributed by atoms with Crippen molar-refractivity contribution < 1.29 is 5.11 Å². The van der Waals surface area contributed by atoms with Crippen LogP contribution >= 0.6 is 0 Å². The molecule has 2 unspecified atom stereocenters. The highest BCUT2D eigenvalue weighted by Gasteiger charge is 2.25. The van der Waals surface area contributed by atoms with Crippen LogP contribution in [0.25, 0.3) is 0 Å². The number of benzene rings is 1. The number of para-hydroxylation sites is 1. The zero-order valence-corrected chi connectivity index (χ0v) is 11.9. The predicted octanol–water partition coefficient (Wildman–Crippen LogP) is 3.61. The highest BCUT2D eigenvalue weighted by Crippen LogP contribution is 2.31. The van der Waals surface area contributed by atoms with E-state index in [0.29, 0.717) is 6.04 Å². The number of aliphatic hydroxyl groups excluding tert-OH is 1. The summed E-state index contributed by atoms with van der Waals surface area (Å²) in [5.74, 6) is 0. The largest absolute Gasteiger partial charge is 0.389 e. The summed E-state index contributed by atoms with van der Waals surface area (Å²) in [5, 5.41) is 9.81. The summed E-state index contributed by atoms with van der Waals surface area (Å²) in [6, 6.07) is 8.46. The van der Waals surface area contributed by atoms with Gasteiger partial charge >= 0.3 is 0 Å². The summed E-state index contributed by atoms with van der Waals surface area (Å²) in [7, 11) is 2.09. The van der Waals surface area contributed by atoms with Gasteiger partial charge < -0.3 is 10.0 Å². The van der Waals surface area contributed by atoms with Gasteiger partial charge in [-0.15, -0.1) is 0 Å². The number of hydrogen-bond donors (Lipinski definition) is 1. The fourth-order valence-corrected chi connectivity index (χ4v) is 1.95. The first-order valence-corrected chi connectivity index (χ1v) is 6.25. The van der Waals surface area contributed by atoms with Crippen molar-refractivity contribution in [1.82, 2.24) is 0 Å². The maximum atomic E-state index is 9.81. The molecule has 0 heterocycles. The molecule has 0 fully saturated rings. The van der Waals surface area contributed by atoms with Crippen molar-refractivity contribution in [2.75, 3.05) is 11.9 Å². The van der Waals surface area contributed by atoms with Gasteiger partial charge in [0.1, 0.15) is 0 Å². The molecule has 0 saturated carbocycles. The zero-order valence-electron chi connectivity index (χ0n) is 11.9. The van der Waals surface area contributed by atoms with E-state index in [1.54, 1.807) is 0 Å². The minimum absolute atomic E-state index is 0.209. The Morgan fingerprint density at radius 3 is 2.12 bits per heavy atom. The standard InChI is InChI=1S/C15H25NO/c1-11(17)13-9-7-8-10-14(13)16(6)12(2)15(3,4)5/h7-12,17H,1-6H3. The molecule has 2 atom stereocenters. The molecule has 0 aromatic heterocycles. The van der Waals surface area contributed by atoms with Gasteiger partial charge in [0.2, 0.25) is 0 Å². The van der Waals surface area contributed by atoms with E-state index in [2.05, 4.69) is 45.7 Å². The summed E-state index contributed by atoms with van der Waals surface area (Å²) in [5.41, 5.74) is 2.32. The Morgan fingerprint density at radius 2 is 1.65 bits per heavy atom. The van der Waals surface area contributed by atoms with Gasteiger partial charge in [-0.1, -0.05) is 39.0 Å². The SMILES string of the molecule is CC(O)c1ccccc1N(C)C(C)C(C)(C)C. The first-order chi connectivity index (χ1) is 7.75. The Kier molecular flexibility index (Phi) is 4.21. The van der Waals surface area contributed by atoms with Gasteiger partial charge in [0.05, 0.1) is 6.10 Å². The van der Waals surface area contributed by atoms with E-state index in [1.165, 1.54) is 0 Å². The van der Waals surface area contributed by atoms with E-state index in [9.17, 15) is 5.11 Å². The van der Waals surface area contributed by atoms with Gasteiger partial charge in [0, 0.05) is 24.3 Å². The second-order valence-electron chi connectivity index (χ2n) is 5.89. The molecular formula is C15H25NO. The van der Waals surface area contributed by atoms with Crippen LogP contribution in [0, 0.1) is 5.41 Å². The molecule has 1 aromatic rings. The predicted molar refractivity (Wildman–Crippen MR) is 74.4 cm³/mol. The van der Waals surface area contributed by atoms with Crippen molar-refractivity contribution in [2.24, 2.45) is 5.41 Å². The van der Waals surface area contributed by atoms with Crippen LogP contribution in [-0.4, -0.2) is 18.2 Å². The van der Waals surface area contributed by atoms with Crippen molar-refractivity contribution in [1.29, 1.82) is 0 Å². The molecular weight excluding hydrogens is 210 g/mol. The molecule has 2 heteroatoms. The van der Waals surface area contributed by atoms with Crippen LogP contribution in [0.3, 0.4) is 0 Å². The molecule has 0 bridgehead atoms. The number of nitrogens with zero attached hydrogens (tertiary/aromatic N) is 1. The second kappa shape index (κ2) is 5.09. The Hall–Kier alpha value is -1.02. The van der Waals surface area contributed by atoms with Crippen LogP contribution in [0.15, 0.2) is 24.3 Å². The van der Waals surface area contributed by atoms with Gasteiger partial charge in [-0.25, -0.2) is 0 Å². The average Bonchev–Trinajstić information content (AvgIpc) is 2.25. The van der Waals surface area contributed by atoms with Crippen LogP contribution in [0.4, 0.5) is 5.69 Å². The Labute approximate surface area is 105 Å². The molecule has 1 N–H and O–H groups in total. The molecule has 2 nitrogen and oxygen atoms in total. The van der Waals surface area contributed by atoms with E-state index in [0.717, 1.165) is 11.3 Å². The third-order valence-corrected chi connectivity index (χ3v) is 3.60. The van der Waals surface area contributed by atoms with E-state index in [-0.39, 0.29) is 5.41 Å². The normalized spacial score (nSPS) is 15.5. The number of anilines is 1. The van der Waals surface area contributed by atoms with E-state index < -0.39 is 6.10 Å². The summed E-state index contributed by atoms with van der Waals surface area (Å²) >= 11 is 0. The number of aliphatic hydroxyl groups is 1. The van der Waals surface area contributed by atoms with E-state index >= 15 is 0 Å². The molecule has 1 aromatic carbocycles. The Balaban J connectivity index is 3.08. The molecule has 1 rings (SSSR count). The average molecular weight is 235 g/mol. The van der Waals surface area contributed by atoms with Crippen molar-refractivity contribution in [3.63, 3.8) is 0 Å². The van der Waals surface area contributed by atoms with Gasteiger partial charge in [-0.05, 0) is 25.3 Å². The quantitative estimate of drug-likeness (QED) is 0.865. The molecule has 96 valence electrons. The molecule has 0 spiro atoms. The Morgan fingerprint density at radius 1 is 1.12 bits per heavy atom. The van der Waals surface area contributed by atoms with Crippen LogP contribution in [-0.2, 0) is 0 Å². The van der Waals surface area contributed by atoms with Crippen LogP contribution in [0.5, 0.6) is 0 Å². The summed E-state index contributed by atoms with van der Waals surface area (Å²) in [6.07, 6.45) is -0.430. The third kappa shape index (κ3) is 3.22. The van der Waals surface area contributed by atoms with E-state index in [1.807, 2.05) is 25.1 Å². The highest BCUT2D eigenvalue weighted by molar-refractivity contribution is 5.54. The fourth-order valence-electron chi connectivity index (χ4n) is 1.95. The molecule has 0 saturated heterocycles. The minimum atomic E-state index is -0.430. The van der Waals surface area contributed by atoms with Crippen molar-refractivity contribution in [3.8, 4) is 0 Å². The maximum absolute atomic E-state index is 9.81. The summed E-state index contributed by atoms with van der Waals surface area (Å²) < 4.78 is 0. The van der Waals surface area contributed by atoms with Gasteiger partial charge in [-0.3, -0.25) is 0 Å². The van der Waals surface area contributed by atoms with Crippen molar-refractivity contribution >= 4 is 5.69 Å². The smallest absolute Gasteiger partial charge is 0.0781 e. The van der Waals surface area contributed by atoms with Gasteiger partial charge in [0.25, 0.3) is 0 Å². The molecule has 0 aliphatic heterocycles. The molecule has 0 amide bonds. The topological polar surface area (TPSA) is 23.5 Å². The third-order valence-electron chi connectivity index (χ3n) is 3.60. The maximum Gasteiger partial charge on any atom is 0.0781 e. The van der Waals surface area contributed by atoms with Crippen LogP contribution in [0.2, 0.25) is 0 Å². The lowest BCUT2D eigenvalue weighted by Gasteiger charge is -2.38. The fraction of sp³-hybridized carbons (Fsp3) is 0.600. The molecule has 0 aliphatic carbocycles. The molecule has 0 aliphatic rings. The summed E-state index contributed by atoms with van der Waals surface area (Å²) in [4.78, 5) is 2.25. The Bertz CT molecular complexity index is 365. The summed E-state index contributed by atoms with van der Waals surface area (Å²) in [6.45, 7) is 10.7. The monoisotopic (exact) mass is 235 g/mol. The van der Waals surface area contributed by atoms with Crippen LogP contribution in [0.1, 0.15) is 46.3 Å². The molecule has 17 heavy (non-hydrogen) atoms. The van der Waals surface area contributed by atoms with Gasteiger partial charge in [-0.2, -0.15) is 0 Å². The van der Waals surface area contributed by atoms with Gasteiger partial charge in [0.15, 0.2) is 0 Å². The lowest BCUT2D eigenvalue weighted by Crippen LogP contribution is -2.39. The second-order valence-corrected chi connectivity index (χ2v) is 5.89. The first kappa shape index (κ1) is 14.0. The lowest BCUT2D eigenvalue weighted by atomic mass is 9.86. The van der Waals surface area contributed by atoms with E-state index in [4.69, 9.17) is 0 Å². The minimum Gasteiger partial charge on any atom is -0.389 e. The number of rotatable bonds is 3. The number of hydrogen-bond acceptors (Lipinski definition) is 2. The molecule has 0 radical (unpaired) electrons. The highest BCUT2D eigenvalue weighted by atomic mass is 16.3. The van der Waals surface area contributed by atoms with Crippen LogP contribution < -0.4 is 4.90 Å².